The van der Waals surface area contributed by atoms with Crippen molar-refractivity contribution in [2.45, 2.75) is 45.9 Å². The summed E-state index contributed by atoms with van der Waals surface area (Å²) in [5.74, 6) is -0.458. The smallest absolute Gasteiger partial charge is 0.280 e. The second kappa shape index (κ2) is 9.80. The number of nitrogens with zero attached hydrogens (tertiary/aromatic N) is 4. The van der Waals surface area contributed by atoms with E-state index in [1.165, 1.54) is 28.5 Å². The average Bonchev–Trinajstić information content (AvgIpc) is 3.14. The zero-order valence-corrected chi connectivity index (χ0v) is 20.4. The molecule has 1 N–H and O–H groups in total. The normalized spacial score (nSPS) is 11.2. The first kappa shape index (κ1) is 23.7. The van der Waals surface area contributed by atoms with Crippen molar-refractivity contribution in [3.8, 4) is 0 Å². The molecule has 0 saturated carbocycles. The van der Waals surface area contributed by atoms with Crippen LogP contribution in [-0.4, -0.2) is 31.0 Å². The summed E-state index contributed by atoms with van der Waals surface area (Å²) in [6.45, 7) is 8.41. The van der Waals surface area contributed by atoms with Gasteiger partial charge in [0.1, 0.15) is 11.3 Å². The molecule has 0 atom stereocenters. The minimum atomic E-state index is -0.345. The molecule has 9 heteroatoms. The largest absolute Gasteiger partial charge is 0.325 e. The van der Waals surface area contributed by atoms with Crippen LogP contribution < -0.4 is 10.9 Å². The van der Waals surface area contributed by atoms with Crippen molar-refractivity contribution < 1.29 is 9.18 Å². The van der Waals surface area contributed by atoms with Crippen LogP contribution in [0.15, 0.2) is 52.4 Å². The minimum absolute atomic E-state index is 0.0791. The molecule has 0 bridgehead atoms. The Morgan fingerprint density at radius 1 is 1.12 bits per heavy atom. The molecule has 2 heterocycles. The summed E-state index contributed by atoms with van der Waals surface area (Å²) in [5.41, 5.74) is 4.98. The first-order valence-corrected chi connectivity index (χ1v) is 12.0. The maximum Gasteiger partial charge on any atom is 0.280 e. The van der Waals surface area contributed by atoms with Gasteiger partial charge in [0.05, 0.1) is 18.0 Å². The molecule has 7 nitrogen and oxygen atoms in total. The number of anilines is 1. The van der Waals surface area contributed by atoms with E-state index in [1.807, 2.05) is 45.9 Å². The van der Waals surface area contributed by atoms with E-state index in [-0.39, 0.29) is 29.6 Å². The SMILES string of the molecule is CCn1nc(C)c2nc(SCC(=O)Nc3cccc(C)c3C)n(Cc3ccc(F)cc3)c(=O)c21. The van der Waals surface area contributed by atoms with E-state index in [0.29, 0.717) is 28.4 Å². The fraction of sp³-hybridized carbons (Fsp3) is 0.280. The zero-order valence-electron chi connectivity index (χ0n) is 19.6. The quantitative estimate of drug-likeness (QED) is 0.313. The summed E-state index contributed by atoms with van der Waals surface area (Å²) < 4.78 is 16.6. The number of halogens is 1. The summed E-state index contributed by atoms with van der Waals surface area (Å²) >= 11 is 1.19. The highest BCUT2D eigenvalue weighted by Crippen LogP contribution is 2.23. The summed E-state index contributed by atoms with van der Waals surface area (Å²) in [6.07, 6.45) is 0. The molecule has 0 unspecified atom stereocenters. The Morgan fingerprint density at radius 3 is 2.56 bits per heavy atom. The van der Waals surface area contributed by atoms with Crippen molar-refractivity contribution in [1.29, 1.82) is 0 Å². The Morgan fingerprint density at radius 2 is 1.85 bits per heavy atom. The van der Waals surface area contributed by atoms with Gasteiger partial charge in [-0.15, -0.1) is 0 Å². The van der Waals surface area contributed by atoms with Gasteiger partial charge in [-0.3, -0.25) is 18.8 Å². The van der Waals surface area contributed by atoms with Crippen LogP contribution in [0.2, 0.25) is 0 Å². The van der Waals surface area contributed by atoms with E-state index in [1.54, 1.807) is 16.8 Å². The molecule has 0 fully saturated rings. The second-order valence-corrected chi connectivity index (χ2v) is 9.04. The molecule has 4 aromatic rings. The lowest BCUT2D eigenvalue weighted by atomic mass is 10.1. The van der Waals surface area contributed by atoms with Gasteiger partial charge in [-0.05, 0) is 62.6 Å². The second-order valence-electron chi connectivity index (χ2n) is 8.09. The van der Waals surface area contributed by atoms with Crippen molar-refractivity contribution in [2.75, 3.05) is 11.1 Å². The van der Waals surface area contributed by atoms with E-state index in [9.17, 15) is 14.0 Å². The van der Waals surface area contributed by atoms with Gasteiger partial charge in [0, 0.05) is 12.2 Å². The van der Waals surface area contributed by atoms with Gasteiger partial charge in [0.25, 0.3) is 5.56 Å². The van der Waals surface area contributed by atoms with Gasteiger partial charge < -0.3 is 5.32 Å². The van der Waals surface area contributed by atoms with Crippen molar-refractivity contribution in [2.24, 2.45) is 0 Å². The number of hydrogen-bond donors (Lipinski definition) is 1. The number of amides is 1. The van der Waals surface area contributed by atoms with Crippen molar-refractivity contribution in [3.63, 3.8) is 0 Å². The standard InChI is InChI=1S/C25H26FN5O2S/c1-5-31-23-22(17(4)29-31)28-25(30(24(23)33)13-18-9-11-19(26)12-10-18)34-14-21(32)27-20-8-6-7-15(2)16(20)3/h6-12H,5,13-14H2,1-4H3,(H,27,32). The molecule has 0 aliphatic heterocycles. The first-order valence-electron chi connectivity index (χ1n) is 11.0. The maximum absolute atomic E-state index is 13.5. The highest BCUT2D eigenvalue weighted by atomic mass is 32.2. The number of aromatic nitrogens is 4. The van der Waals surface area contributed by atoms with Crippen LogP contribution in [-0.2, 0) is 17.9 Å². The maximum atomic E-state index is 13.5. The van der Waals surface area contributed by atoms with Crippen molar-refractivity contribution in [3.05, 3.63) is 81.0 Å². The van der Waals surface area contributed by atoms with Crippen LogP contribution in [0.1, 0.15) is 29.3 Å². The van der Waals surface area contributed by atoms with E-state index in [0.717, 1.165) is 22.4 Å². The van der Waals surface area contributed by atoms with Gasteiger partial charge >= 0.3 is 0 Å². The van der Waals surface area contributed by atoms with Crippen LogP contribution >= 0.6 is 11.8 Å². The third-order valence-electron chi connectivity index (χ3n) is 5.75. The molecule has 2 aromatic heterocycles. The number of thioether (sulfide) groups is 1. The molecule has 0 radical (unpaired) electrons. The zero-order chi connectivity index (χ0) is 24.4. The van der Waals surface area contributed by atoms with Crippen LogP contribution in [0.3, 0.4) is 0 Å². The molecule has 4 rings (SSSR count). The lowest BCUT2D eigenvalue weighted by molar-refractivity contribution is -0.113. The van der Waals surface area contributed by atoms with Crippen molar-refractivity contribution in [1.82, 2.24) is 19.3 Å². The molecule has 0 aliphatic rings. The number of carbonyl (C=O) groups is 1. The Balaban J connectivity index is 1.67. The number of benzene rings is 2. The first-order chi connectivity index (χ1) is 16.3. The predicted molar refractivity (Wildman–Crippen MR) is 133 cm³/mol. The van der Waals surface area contributed by atoms with Gasteiger partial charge in [0.15, 0.2) is 10.7 Å². The average molecular weight is 480 g/mol. The molecule has 0 spiro atoms. The highest BCUT2D eigenvalue weighted by molar-refractivity contribution is 7.99. The topological polar surface area (TPSA) is 81.8 Å². The van der Waals surface area contributed by atoms with Crippen LogP contribution in [0.25, 0.3) is 11.0 Å². The number of fused-ring (bicyclic) bond motifs is 1. The third-order valence-corrected chi connectivity index (χ3v) is 6.72. The Kier molecular flexibility index (Phi) is 6.83. The molecule has 2 aromatic carbocycles. The van der Waals surface area contributed by atoms with Crippen LogP contribution in [0.4, 0.5) is 10.1 Å². The summed E-state index contributed by atoms with van der Waals surface area (Å²) in [7, 11) is 0. The van der Waals surface area contributed by atoms with Crippen LogP contribution in [0, 0.1) is 26.6 Å². The minimum Gasteiger partial charge on any atom is -0.325 e. The Hall–Kier alpha value is -3.46. The monoisotopic (exact) mass is 479 g/mol. The number of carbonyl (C=O) groups excluding carboxylic acids is 1. The van der Waals surface area contributed by atoms with E-state index in [4.69, 9.17) is 4.98 Å². The van der Waals surface area contributed by atoms with E-state index >= 15 is 0 Å². The number of aryl methyl sites for hydroxylation is 3. The Labute approximate surface area is 201 Å². The van der Waals surface area contributed by atoms with Crippen molar-refractivity contribution >= 4 is 34.4 Å². The Bertz CT molecular complexity index is 1430. The molecule has 0 saturated heterocycles. The highest BCUT2D eigenvalue weighted by Gasteiger charge is 2.19. The van der Waals surface area contributed by atoms with E-state index in [2.05, 4.69) is 10.4 Å². The van der Waals surface area contributed by atoms with Crippen LogP contribution in [0.5, 0.6) is 0 Å². The van der Waals surface area contributed by atoms with Gasteiger partial charge in [-0.1, -0.05) is 36.0 Å². The molecule has 0 aliphatic carbocycles. The van der Waals surface area contributed by atoms with E-state index < -0.39 is 0 Å². The molecule has 34 heavy (non-hydrogen) atoms. The summed E-state index contributed by atoms with van der Waals surface area (Å²) in [5, 5.41) is 7.80. The lowest BCUT2D eigenvalue weighted by Crippen LogP contribution is -2.26. The third kappa shape index (κ3) is 4.75. The number of rotatable bonds is 7. The molecule has 176 valence electrons. The summed E-state index contributed by atoms with van der Waals surface area (Å²) in [6, 6.07) is 11.7. The fourth-order valence-electron chi connectivity index (χ4n) is 3.74. The predicted octanol–water partition coefficient (Wildman–Crippen LogP) is 4.46. The van der Waals surface area contributed by atoms with Gasteiger partial charge in [0.2, 0.25) is 5.91 Å². The fourth-order valence-corrected chi connectivity index (χ4v) is 4.53. The summed E-state index contributed by atoms with van der Waals surface area (Å²) in [4.78, 5) is 30.9. The van der Waals surface area contributed by atoms with Gasteiger partial charge in [-0.2, -0.15) is 5.10 Å². The molecular weight excluding hydrogens is 453 g/mol. The number of nitrogens with one attached hydrogen (secondary N) is 1. The number of hydrogen-bond acceptors (Lipinski definition) is 5. The van der Waals surface area contributed by atoms with Gasteiger partial charge in [-0.25, -0.2) is 9.37 Å². The molecular formula is C25H26FN5O2S. The molecule has 1 amide bonds. The lowest BCUT2D eigenvalue weighted by Gasteiger charge is -2.14.